The van der Waals surface area contributed by atoms with Crippen LogP contribution in [-0.2, 0) is 17.8 Å². The number of benzene rings is 1. The molecule has 10 heteroatoms. The molecule has 8 nitrogen and oxygen atoms in total. The number of hydrogen-bond donors (Lipinski definition) is 1. The van der Waals surface area contributed by atoms with Gasteiger partial charge in [0.15, 0.2) is 17.4 Å². The second-order valence-electron chi connectivity index (χ2n) is 8.80. The standard InChI is InChI=1S/C25H25F2N5O3/c1-15(33)32-11-8-20-21(14-32)29-24(16-2-5-23(34)28-13-16)25(30-20)31-9-6-18(7-10-31)35-22-4-3-17(26)12-19(22)27/h2-5,12-13,18H,6-11,14H2,1H3,(H,28,34). The van der Waals surface area contributed by atoms with E-state index in [0.29, 0.717) is 57.0 Å². The Bertz CT molecular complexity index is 1300. The van der Waals surface area contributed by atoms with Gasteiger partial charge in [-0.05, 0) is 18.2 Å². The van der Waals surface area contributed by atoms with Gasteiger partial charge in [0.2, 0.25) is 11.5 Å². The topological polar surface area (TPSA) is 91.4 Å². The molecule has 2 aliphatic heterocycles. The van der Waals surface area contributed by atoms with Crippen LogP contribution in [0.3, 0.4) is 0 Å². The zero-order valence-corrected chi connectivity index (χ0v) is 19.3. The summed E-state index contributed by atoms with van der Waals surface area (Å²) in [7, 11) is 0. The number of hydrogen-bond acceptors (Lipinski definition) is 6. The number of piperidine rings is 1. The van der Waals surface area contributed by atoms with Crippen LogP contribution in [-0.4, -0.2) is 51.5 Å². The first kappa shape index (κ1) is 22.9. The predicted octanol–water partition coefficient (Wildman–Crippen LogP) is 3.06. The molecule has 0 aliphatic carbocycles. The fourth-order valence-electron chi connectivity index (χ4n) is 4.50. The molecule has 35 heavy (non-hydrogen) atoms. The van der Waals surface area contributed by atoms with Gasteiger partial charge >= 0.3 is 0 Å². The summed E-state index contributed by atoms with van der Waals surface area (Å²) in [4.78, 5) is 39.9. The van der Waals surface area contributed by atoms with Crippen molar-refractivity contribution in [3.8, 4) is 17.0 Å². The van der Waals surface area contributed by atoms with E-state index < -0.39 is 11.6 Å². The van der Waals surface area contributed by atoms with Crippen LogP contribution in [0.5, 0.6) is 5.75 Å². The number of carbonyl (C=O) groups is 1. The highest BCUT2D eigenvalue weighted by atomic mass is 19.1. The lowest BCUT2D eigenvalue weighted by molar-refractivity contribution is -0.129. The third kappa shape index (κ3) is 4.87. The number of carbonyl (C=O) groups excluding carboxylic acids is 1. The Morgan fingerprint density at radius 1 is 1.09 bits per heavy atom. The van der Waals surface area contributed by atoms with Gasteiger partial charge in [0.05, 0.1) is 17.9 Å². The molecule has 1 fully saturated rings. The molecular formula is C25H25F2N5O3. The number of nitrogens with one attached hydrogen (secondary N) is 1. The molecule has 2 aliphatic rings. The summed E-state index contributed by atoms with van der Waals surface area (Å²) in [6.45, 7) is 3.74. The highest BCUT2D eigenvalue weighted by Gasteiger charge is 2.28. The van der Waals surface area contributed by atoms with Crippen LogP contribution in [0.1, 0.15) is 31.2 Å². The van der Waals surface area contributed by atoms with E-state index in [1.165, 1.54) is 18.2 Å². The van der Waals surface area contributed by atoms with E-state index in [1.54, 1.807) is 24.1 Å². The number of H-pyrrole nitrogens is 1. The number of aromatic amines is 1. The van der Waals surface area contributed by atoms with Gasteiger partial charge in [0.1, 0.15) is 17.6 Å². The van der Waals surface area contributed by atoms with Crippen LogP contribution in [0.25, 0.3) is 11.3 Å². The van der Waals surface area contributed by atoms with Crippen molar-refractivity contribution in [2.24, 2.45) is 0 Å². The summed E-state index contributed by atoms with van der Waals surface area (Å²) < 4.78 is 33.0. The van der Waals surface area contributed by atoms with Crippen LogP contribution in [0.4, 0.5) is 14.6 Å². The van der Waals surface area contributed by atoms with Crippen molar-refractivity contribution in [2.45, 2.75) is 38.8 Å². The molecule has 3 aromatic rings. The summed E-state index contributed by atoms with van der Waals surface area (Å²) in [5.41, 5.74) is 2.75. The number of aromatic nitrogens is 3. The molecule has 5 rings (SSSR count). The van der Waals surface area contributed by atoms with E-state index in [-0.39, 0.29) is 23.3 Å². The van der Waals surface area contributed by atoms with Crippen molar-refractivity contribution in [3.63, 3.8) is 0 Å². The molecular weight excluding hydrogens is 456 g/mol. The van der Waals surface area contributed by atoms with Gasteiger partial charge in [-0.15, -0.1) is 0 Å². The fourth-order valence-corrected chi connectivity index (χ4v) is 4.50. The van der Waals surface area contributed by atoms with Gasteiger partial charge in [-0.25, -0.2) is 18.7 Å². The quantitative estimate of drug-likeness (QED) is 0.616. The average molecular weight is 482 g/mol. The first-order valence-corrected chi connectivity index (χ1v) is 11.6. The van der Waals surface area contributed by atoms with Crippen molar-refractivity contribution in [2.75, 3.05) is 24.5 Å². The third-order valence-electron chi connectivity index (χ3n) is 6.42. The summed E-state index contributed by atoms with van der Waals surface area (Å²) >= 11 is 0. The first-order valence-electron chi connectivity index (χ1n) is 11.6. The van der Waals surface area contributed by atoms with Crippen molar-refractivity contribution >= 4 is 11.7 Å². The second kappa shape index (κ2) is 9.44. The molecule has 0 spiro atoms. The molecule has 0 radical (unpaired) electrons. The highest BCUT2D eigenvalue weighted by molar-refractivity contribution is 5.74. The molecule has 0 unspecified atom stereocenters. The molecule has 1 aromatic carbocycles. The summed E-state index contributed by atoms with van der Waals surface area (Å²) in [5.74, 6) is -0.613. The Kier molecular flexibility index (Phi) is 6.19. The minimum absolute atomic E-state index is 0.00761. The molecule has 1 amide bonds. The number of anilines is 1. The smallest absolute Gasteiger partial charge is 0.247 e. The minimum atomic E-state index is -0.715. The monoisotopic (exact) mass is 481 g/mol. The normalized spacial score (nSPS) is 16.2. The number of fused-ring (bicyclic) bond motifs is 1. The van der Waals surface area contributed by atoms with Gasteiger partial charge in [0, 0.05) is 69.7 Å². The third-order valence-corrected chi connectivity index (χ3v) is 6.42. The largest absolute Gasteiger partial charge is 0.487 e. The van der Waals surface area contributed by atoms with Gasteiger partial charge < -0.3 is 19.5 Å². The number of ether oxygens (including phenoxy) is 1. The number of pyridine rings is 1. The number of rotatable bonds is 4. The predicted molar refractivity (Wildman–Crippen MR) is 125 cm³/mol. The maximum absolute atomic E-state index is 14.0. The van der Waals surface area contributed by atoms with Crippen LogP contribution >= 0.6 is 0 Å². The maximum atomic E-state index is 14.0. The van der Waals surface area contributed by atoms with Crippen LogP contribution < -0.4 is 15.2 Å². The van der Waals surface area contributed by atoms with Crippen molar-refractivity contribution in [3.05, 3.63) is 69.9 Å². The zero-order valence-electron chi connectivity index (χ0n) is 19.3. The highest BCUT2D eigenvalue weighted by Crippen LogP contribution is 2.32. The van der Waals surface area contributed by atoms with Crippen LogP contribution in [0, 0.1) is 11.6 Å². The molecule has 0 atom stereocenters. The zero-order chi connectivity index (χ0) is 24.5. The lowest BCUT2D eigenvalue weighted by Crippen LogP contribution is -2.40. The Labute approximate surface area is 200 Å². The van der Waals surface area contributed by atoms with E-state index in [9.17, 15) is 18.4 Å². The Morgan fingerprint density at radius 2 is 1.89 bits per heavy atom. The van der Waals surface area contributed by atoms with Gasteiger partial charge in [-0.3, -0.25) is 9.59 Å². The van der Waals surface area contributed by atoms with Gasteiger partial charge in [0.25, 0.3) is 0 Å². The van der Waals surface area contributed by atoms with Gasteiger partial charge in [-0.1, -0.05) is 0 Å². The average Bonchev–Trinajstić information content (AvgIpc) is 2.85. The molecule has 2 aromatic heterocycles. The van der Waals surface area contributed by atoms with E-state index in [4.69, 9.17) is 14.7 Å². The molecule has 0 saturated carbocycles. The second-order valence-corrected chi connectivity index (χ2v) is 8.80. The van der Waals surface area contributed by atoms with Crippen molar-refractivity contribution in [1.82, 2.24) is 19.9 Å². The lowest BCUT2D eigenvalue weighted by atomic mass is 10.1. The van der Waals surface area contributed by atoms with E-state index in [2.05, 4.69) is 9.88 Å². The molecule has 182 valence electrons. The Morgan fingerprint density at radius 3 is 2.57 bits per heavy atom. The molecule has 1 N–H and O–H groups in total. The molecule has 1 saturated heterocycles. The fraction of sp³-hybridized carbons (Fsp3) is 0.360. The maximum Gasteiger partial charge on any atom is 0.247 e. The SMILES string of the molecule is CC(=O)N1CCc2nc(N3CCC(Oc4ccc(F)cc4F)CC3)c(-c3ccc(=O)[nH]c3)nc2C1. The Balaban J connectivity index is 1.40. The minimum Gasteiger partial charge on any atom is -0.487 e. The summed E-state index contributed by atoms with van der Waals surface area (Å²) in [6, 6.07) is 6.46. The first-order chi connectivity index (χ1) is 16.9. The van der Waals surface area contributed by atoms with E-state index in [0.717, 1.165) is 23.0 Å². The number of halogens is 2. The van der Waals surface area contributed by atoms with Crippen molar-refractivity contribution in [1.29, 1.82) is 0 Å². The van der Waals surface area contributed by atoms with Crippen LogP contribution in [0.15, 0.2) is 41.3 Å². The van der Waals surface area contributed by atoms with Crippen molar-refractivity contribution < 1.29 is 18.3 Å². The van der Waals surface area contributed by atoms with Gasteiger partial charge in [-0.2, -0.15) is 0 Å². The van der Waals surface area contributed by atoms with E-state index in [1.807, 2.05) is 0 Å². The lowest BCUT2D eigenvalue weighted by Gasteiger charge is -2.35. The summed E-state index contributed by atoms with van der Waals surface area (Å²) in [6.07, 6.45) is 3.26. The summed E-state index contributed by atoms with van der Waals surface area (Å²) in [5, 5.41) is 0. The Hall–Kier alpha value is -3.82. The number of amides is 1. The molecule has 4 heterocycles. The molecule has 0 bridgehead atoms. The number of nitrogens with zero attached hydrogens (tertiary/aromatic N) is 4. The van der Waals surface area contributed by atoms with Crippen LogP contribution in [0.2, 0.25) is 0 Å². The van der Waals surface area contributed by atoms with E-state index >= 15 is 0 Å².